The maximum Gasteiger partial charge on any atom is 0.124 e. The van der Waals surface area contributed by atoms with Crippen molar-refractivity contribution >= 4 is 5.82 Å². The summed E-state index contributed by atoms with van der Waals surface area (Å²) in [6.45, 7) is 2.20. The van der Waals surface area contributed by atoms with E-state index in [0.717, 1.165) is 18.4 Å². The van der Waals surface area contributed by atoms with Crippen molar-refractivity contribution in [1.29, 1.82) is 0 Å². The molecule has 4 N–H and O–H groups in total. The van der Waals surface area contributed by atoms with E-state index >= 15 is 0 Å². The Hall–Kier alpha value is -1.03. The lowest BCUT2D eigenvalue weighted by Crippen LogP contribution is -2.25. The van der Waals surface area contributed by atoms with Gasteiger partial charge >= 0.3 is 0 Å². The Kier molecular flexibility index (Phi) is 3.49. The largest absolute Gasteiger partial charge is 0.388 e. The predicted octanol–water partition coefficient (Wildman–Crippen LogP) is 2.24. The molecular formula is C12H21N3O. The summed E-state index contributed by atoms with van der Waals surface area (Å²) in [4.78, 5) is 0. The number of nitrogens with two attached hydrogens (primary N) is 1. The van der Waals surface area contributed by atoms with E-state index < -0.39 is 6.10 Å². The number of anilines is 1. The molecule has 3 unspecified atom stereocenters. The second kappa shape index (κ2) is 4.87. The number of aromatic nitrogens is 2. The van der Waals surface area contributed by atoms with Gasteiger partial charge in [-0.15, -0.1) is 0 Å². The molecule has 1 aliphatic rings. The Morgan fingerprint density at radius 3 is 2.94 bits per heavy atom. The van der Waals surface area contributed by atoms with Crippen molar-refractivity contribution in [2.75, 3.05) is 5.73 Å². The van der Waals surface area contributed by atoms with E-state index in [1.54, 1.807) is 6.20 Å². The van der Waals surface area contributed by atoms with Gasteiger partial charge in [-0.05, 0) is 18.3 Å². The number of hydrogen-bond acceptors (Lipinski definition) is 3. The van der Waals surface area contributed by atoms with Crippen molar-refractivity contribution in [1.82, 2.24) is 10.2 Å². The van der Waals surface area contributed by atoms with Gasteiger partial charge in [0.25, 0.3) is 0 Å². The minimum atomic E-state index is -0.455. The van der Waals surface area contributed by atoms with Crippen LogP contribution in [0.2, 0.25) is 0 Å². The second-order valence-electron chi connectivity index (χ2n) is 4.80. The van der Waals surface area contributed by atoms with Crippen molar-refractivity contribution in [2.45, 2.75) is 45.1 Å². The number of nitrogens with one attached hydrogen (secondary N) is 1. The van der Waals surface area contributed by atoms with E-state index in [1.807, 2.05) is 0 Å². The van der Waals surface area contributed by atoms with Gasteiger partial charge < -0.3 is 10.8 Å². The summed E-state index contributed by atoms with van der Waals surface area (Å²) in [5.74, 6) is 1.48. The molecule has 3 atom stereocenters. The van der Waals surface area contributed by atoms with E-state index in [4.69, 9.17) is 5.73 Å². The smallest absolute Gasteiger partial charge is 0.124 e. The number of hydrogen-bond donors (Lipinski definition) is 3. The van der Waals surface area contributed by atoms with Gasteiger partial charge in [0.1, 0.15) is 5.82 Å². The number of nitrogen functional groups attached to an aromatic ring is 1. The monoisotopic (exact) mass is 223 g/mol. The van der Waals surface area contributed by atoms with E-state index in [1.165, 1.54) is 19.3 Å². The molecule has 0 aliphatic heterocycles. The van der Waals surface area contributed by atoms with Crippen LogP contribution >= 0.6 is 0 Å². The molecule has 0 aromatic carbocycles. The Labute approximate surface area is 96.2 Å². The van der Waals surface area contributed by atoms with E-state index in [9.17, 15) is 5.11 Å². The lowest BCUT2D eigenvalue weighted by atomic mass is 9.74. The zero-order valence-corrected chi connectivity index (χ0v) is 9.82. The molecule has 1 aromatic heterocycles. The van der Waals surface area contributed by atoms with Crippen LogP contribution in [0.5, 0.6) is 0 Å². The Morgan fingerprint density at radius 1 is 1.56 bits per heavy atom. The van der Waals surface area contributed by atoms with Gasteiger partial charge in [-0.3, -0.25) is 5.10 Å². The van der Waals surface area contributed by atoms with Gasteiger partial charge in [0.15, 0.2) is 0 Å². The second-order valence-corrected chi connectivity index (χ2v) is 4.80. The Balaban J connectivity index is 2.13. The first kappa shape index (κ1) is 11.5. The molecule has 1 fully saturated rings. The number of rotatable bonds is 3. The van der Waals surface area contributed by atoms with Crippen LogP contribution in [0.25, 0.3) is 0 Å². The first-order chi connectivity index (χ1) is 7.74. The first-order valence-corrected chi connectivity index (χ1v) is 6.20. The number of aromatic amines is 1. The average Bonchev–Trinajstić information content (AvgIpc) is 2.74. The molecule has 1 aromatic rings. The normalized spacial score (nSPS) is 27.9. The maximum atomic E-state index is 10.4. The van der Waals surface area contributed by atoms with Gasteiger partial charge in [0.05, 0.1) is 12.3 Å². The van der Waals surface area contributed by atoms with Gasteiger partial charge in [-0.1, -0.05) is 32.6 Å². The molecule has 0 amide bonds. The molecule has 4 nitrogen and oxygen atoms in total. The highest BCUT2D eigenvalue weighted by Gasteiger charge is 2.31. The maximum absolute atomic E-state index is 10.4. The minimum absolute atomic E-state index is 0.346. The summed E-state index contributed by atoms with van der Waals surface area (Å²) >= 11 is 0. The van der Waals surface area contributed by atoms with Crippen molar-refractivity contribution in [3.8, 4) is 0 Å². The highest BCUT2D eigenvalue weighted by molar-refractivity contribution is 5.38. The van der Waals surface area contributed by atoms with E-state index in [2.05, 4.69) is 17.1 Å². The summed E-state index contributed by atoms with van der Waals surface area (Å²) in [7, 11) is 0. The first-order valence-electron chi connectivity index (χ1n) is 6.20. The molecule has 90 valence electrons. The lowest BCUT2D eigenvalue weighted by molar-refractivity contribution is 0.0457. The third-order valence-corrected chi connectivity index (χ3v) is 3.92. The van der Waals surface area contributed by atoms with Crippen molar-refractivity contribution in [3.63, 3.8) is 0 Å². The van der Waals surface area contributed by atoms with Crippen LogP contribution in [0.15, 0.2) is 6.20 Å². The molecule has 0 spiro atoms. The van der Waals surface area contributed by atoms with Crippen molar-refractivity contribution < 1.29 is 5.11 Å². The summed E-state index contributed by atoms with van der Waals surface area (Å²) in [6, 6.07) is 0. The molecule has 0 saturated heterocycles. The van der Waals surface area contributed by atoms with Gasteiger partial charge in [0.2, 0.25) is 0 Å². The molecule has 1 heterocycles. The molecular weight excluding hydrogens is 202 g/mol. The zero-order valence-electron chi connectivity index (χ0n) is 9.82. The Bertz CT molecular complexity index is 337. The highest BCUT2D eigenvalue weighted by Crippen LogP contribution is 2.40. The topological polar surface area (TPSA) is 74.9 Å². The molecule has 4 heteroatoms. The van der Waals surface area contributed by atoms with Crippen LogP contribution < -0.4 is 5.73 Å². The zero-order chi connectivity index (χ0) is 11.5. The van der Waals surface area contributed by atoms with Crippen LogP contribution in [-0.2, 0) is 0 Å². The lowest BCUT2D eigenvalue weighted by Gasteiger charge is -2.34. The molecule has 1 saturated carbocycles. The van der Waals surface area contributed by atoms with Crippen molar-refractivity contribution in [2.24, 2.45) is 11.8 Å². The quantitative estimate of drug-likeness (QED) is 0.735. The molecule has 16 heavy (non-hydrogen) atoms. The summed E-state index contributed by atoms with van der Waals surface area (Å²) < 4.78 is 0. The van der Waals surface area contributed by atoms with Crippen LogP contribution in [-0.4, -0.2) is 15.3 Å². The number of H-pyrrole nitrogens is 1. The summed E-state index contributed by atoms with van der Waals surface area (Å²) in [5.41, 5.74) is 6.53. The average molecular weight is 223 g/mol. The minimum Gasteiger partial charge on any atom is -0.388 e. The van der Waals surface area contributed by atoms with Crippen LogP contribution in [0.1, 0.15) is 50.7 Å². The molecule has 0 bridgehead atoms. The molecule has 1 aliphatic carbocycles. The number of nitrogens with zero attached hydrogens (tertiary/aromatic N) is 1. The number of aliphatic hydroxyl groups is 1. The third-order valence-electron chi connectivity index (χ3n) is 3.92. The molecule has 2 rings (SSSR count). The van der Waals surface area contributed by atoms with E-state index in [-0.39, 0.29) is 0 Å². The SMILES string of the molecule is CCC1CCCCC1C(O)c1cn[nH]c1N. The van der Waals surface area contributed by atoms with Gasteiger partial charge in [0, 0.05) is 5.56 Å². The summed E-state index contributed by atoms with van der Waals surface area (Å²) in [5, 5.41) is 16.9. The van der Waals surface area contributed by atoms with E-state index in [0.29, 0.717) is 17.7 Å². The molecule has 0 radical (unpaired) electrons. The fourth-order valence-corrected chi connectivity index (χ4v) is 2.93. The van der Waals surface area contributed by atoms with Crippen LogP contribution in [0.4, 0.5) is 5.82 Å². The van der Waals surface area contributed by atoms with Gasteiger partial charge in [-0.25, -0.2) is 0 Å². The highest BCUT2D eigenvalue weighted by atomic mass is 16.3. The predicted molar refractivity (Wildman–Crippen MR) is 63.7 cm³/mol. The third kappa shape index (κ3) is 2.07. The summed E-state index contributed by atoms with van der Waals surface area (Å²) in [6.07, 6.45) is 7.18. The van der Waals surface area contributed by atoms with Gasteiger partial charge in [-0.2, -0.15) is 5.10 Å². The number of aliphatic hydroxyl groups excluding tert-OH is 1. The van der Waals surface area contributed by atoms with Crippen LogP contribution in [0.3, 0.4) is 0 Å². The fourth-order valence-electron chi connectivity index (χ4n) is 2.93. The van der Waals surface area contributed by atoms with Crippen molar-refractivity contribution in [3.05, 3.63) is 11.8 Å². The van der Waals surface area contributed by atoms with Crippen LogP contribution in [0, 0.1) is 11.8 Å². The fraction of sp³-hybridized carbons (Fsp3) is 0.750. The standard InChI is InChI=1S/C12H21N3O/c1-2-8-5-3-4-6-9(8)11(16)10-7-14-15-12(10)13/h7-9,11,16H,2-6H2,1H3,(H3,13,14,15). The Morgan fingerprint density at radius 2 is 2.31 bits per heavy atom.